The molecule has 0 saturated carbocycles. The summed E-state index contributed by atoms with van der Waals surface area (Å²) in [5.41, 5.74) is 3.60. The molecule has 0 bridgehead atoms. The van der Waals surface area contributed by atoms with Gasteiger partial charge < -0.3 is 4.74 Å². The highest BCUT2D eigenvalue weighted by atomic mass is 79.9. The fourth-order valence-corrected chi connectivity index (χ4v) is 3.85. The summed E-state index contributed by atoms with van der Waals surface area (Å²) in [5, 5.41) is 0. The maximum Gasteiger partial charge on any atom is 0.411 e. The molecule has 2 aromatic carbocycles. The molecule has 4 rings (SSSR count). The average molecular weight is 344 g/mol. The molecule has 1 fully saturated rings. The van der Waals surface area contributed by atoms with Crippen LogP contribution in [0.15, 0.2) is 53.0 Å². The van der Waals surface area contributed by atoms with E-state index in [1.54, 1.807) is 0 Å². The number of nitrogens with zero attached hydrogens (tertiary/aromatic N) is 1. The van der Waals surface area contributed by atoms with E-state index in [1.807, 2.05) is 29.2 Å². The van der Waals surface area contributed by atoms with E-state index in [2.05, 4.69) is 40.2 Å². The van der Waals surface area contributed by atoms with E-state index >= 15 is 0 Å². The van der Waals surface area contributed by atoms with Crippen molar-refractivity contribution in [3.05, 3.63) is 69.7 Å². The molecule has 2 atom stereocenters. The Labute approximate surface area is 131 Å². The number of benzene rings is 2. The fraction of sp³-hybridized carbons (Fsp3) is 0.235. The smallest absolute Gasteiger partial charge is 0.411 e. The zero-order valence-electron chi connectivity index (χ0n) is 11.3. The monoisotopic (exact) mass is 343 g/mol. The minimum absolute atomic E-state index is 0.0782. The van der Waals surface area contributed by atoms with Crippen LogP contribution in [0, 0.1) is 0 Å². The van der Waals surface area contributed by atoms with E-state index < -0.39 is 0 Å². The third-order valence-corrected chi connectivity index (χ3v) is 5.01. The predicted molar refractivity (Wildman–Crippen MR) is 83.1 cm³/mol. The molecule has 0 N–H and O–H groups in total. The van der Waals surface area contributed by atoms with Gasteiger partial charge in [-0.25, -0.2) is 4.79 Å². The van der Waals surface area contributed by atoms with Crippen LogP contribution in [0.5, 0.6) is 0 Å². The molecule has 1 amide bonds. The lowest BCUT2D eigenvalue weighted by atomic mass is 9.85. The molecular weight excluding hydrogens is 330 g/mol. The Morgan fingerprint density at radius 1 is 1.05 bits per heavy atom. The molecule has 0 aromatic heterocycles. The van der Waals surface area contributed by atoms with Crippen LogP contribution in [0.1, 0.15) is 22.7 Å². The normalized spacial score (nSPS) is 23.5. The second-order valence-electron chi connectivity index (χ2n) is 5.46. The lowest BCUT2D eigenvalue weighted by Gasteiger charge is -2.37. The molecule has 0 unspecified atom stereocenters. The molecule has 106 valence electrons. The van der Waals surface area contributed by atoms with Crippen molar-refractivity contribution in [2.24, 2.45) is 0 Å². The lowest BCUT2D eigenvalue weighted by molar-refractivity contribution is 0.148. The van der Waals surface area contributed by atoms with Gasteiger partial charge in [-0.1, -0.05) is 58.4 Å². The van der Waals surface area contributed by atoms with Gasteiger partial charge in [-0.15, -0.1) is 0 Å². The SMILES string of the molecule is O=C1OC[C@@H]2Cc3ccccc3[C@@H](c3ccccc3Br)N12. The first-order chi connectivity index (χ1) is 10.3. The van der Waals surface area contributed by atoms with Gasteiger partial charge >= 0.3 is 6.09 Å². The Hall–Kier alpha value is -1.81. The third kappa shape index (κ3) is 1.97. The number of ether oxygens (including phenoxy) is 1. The first-order valence-corrected chi connectivity index (χ1v) is 7.82. The maximum absolute atomic E-state index is 12.2. The zero-order chi connectivity index (χ0) is 14.4. The van der Waals surface area contributed by atoms with Gasteiger partial charge in [0.2, 0.25) is 0 Å². The minimum Gasteiger partial charge on any atom is -0.447 e. The van der Waals surface area contributed by atoms with Crippen LogP contribution in [0.25, 0.3) is 0 Å². The zero-order valence-corrected chi connectivity index (χ0v) is 12.9. The first kappa shape index (κ1) is 12.9. The molecule has 2 heterocycles. The molecule has 2 aliphatic heterocycles. The van der Waals surface area contributed by atoms with Crippen LogP contribution >= 0.6 is 15.9 Å². The topological polar surface area (TPSA) is 29.5 Å². The summed E-state index contributed by atoms with van der Waals surface area (Å²) in [4.78, 5) is 14.1. The van der Waals surface area contributed by atoms with Gasteiger partial charge in [0.25, 0.3) is 0 Å². The van der Waals surface area contributed by atoms with E-state index in [0.29, 0.717) is 6.61 Å². The molecule has 0 radical (unpaired) electrons. The third-order valence-electron chi connectivity index (χ3n) is 4.29. The Balaban J connectivity index is 1.93. The quantitative estimate of drug-likeness (QED) is 0.785. The highest BCUT2D eigenvalue weighted by Crippen LogP contribution is 2.42. The molecule has 2 aromatic rings. The van der Waals surface area contributed by atoms with Gasteiger partial charge in [0.1, 0.15) is 6.61 Å². The summed E-state index contributed by atoms with van der Waals surface area (Å²) >= 11 is 3.62. The Morgan fingerprint density at radius 2 is 1.76 bits per heavy atom. The lowest BCUT2D eigenvalue weighted by Crippen LogP contribution is -2.42. The number of carbonyl (C=O) groups is 1. The molecule has 2 aliphatic rings. The van der Waals surface area contributed by atoms with Crippen molar-refractivity contribution in [3.63, 3.8) is 0 Å². The van der Waals surface area contributed by atoms with Gasteiger partial charge in [0.05, 0.1) is 12.1 Å². The molecule has 21 heavy (non-hydrogen) atoms. The summed E-state index contributed by atoms with van der Waals surface area (Å²) in [6.07, 6.45) is 0.651. The van der Waals surface area contributed by atoms with Gasteiger partial charge in [0, 0.05) is 4.47 Å². The van der Waals surface area contributed by atoms with Crippen molar-refractivity contribution in [2.75, 3.05) is 6.61 Å². The van der Waals surface area contributed by atoms with Crippen LogP contribution < -0.4 is 0 Å². The Bertz CT molecular complexity index is 715. The Kier molecular flexibility index (Phi) is 3.00. The summed E-state index contributed by atoms with van der Waals surface area (Å²) < 4.78 is 6.31. The summed E-state index contributed by atoms with van der Waals surface area (Å²) in [6, 6.07) is 16.5. The maximum atomic E-state index is 12.2. The van der Waals surface area contributed by atoms with Gasteiger partial charge in [-0.2, -0.15) is 0 Å². The van der Waals surface area contributed by atoms with Gasteiger partial charge in [-0.3, -0.25) is 4.90 Å². The van der Waals surface area contributed by atoms with Crippen LogP contribution in [0.2, 0.25) is 0 Å². The van der Waals surface area contributed by atoms with Gasteiger partial charge in [-0.05, 0) is 29.2 Å². The fourth-order valence-electron chi connectivity index (χ4n) is 3.35. The number of hydrogen-bond acceptors (Lipinski definition) is 2. The highest BCUT2D eigenvalue weighted by Gasteiger charge is 2.44. The first-order valence-electron chi connectivity index (χ1n) is 7.03. The summed E-state index contributed by atoms with van der Waals surface area (Å²) in [5.74, 6) is 0. The largest absolute Gasteiger partial charge is 0.447 e. The molecule has 0 aliphatic carbocycles. The highest BCUT2D eigenvalue weighted by molar-refractivity contribution is 9.10. The van der Waals surface area contributed by atoms with Crippen LogP contribution in [-0.2, 0) is 11.2 Å². The molecule has 3 nitrogen and oxygen atoms in total. The Morgan fingerprint density at radius 3 is 2.57 bits per heavy atom. The van der Waals surface area contributed by atoms with Crippen molar-refractivity contribution in [1.29, 1.82) is 0 Å². The van der Waals surface area contributed by atoms with Crippen molar-refractivity contribution in [3.8, 4) is 0 Å². The number of cyclic esters (lactones) is 1. The molecule has 0 spiro atoms. The number of amides is 1. The van der Waals surface area contributed by atoms with Crippen LogP contribution in [-0.4, -0.2) is 23.6 Å². The second-order valence-corrected chi connectivity index (χ2v) is 6.32. The van der Waals surface area contributed by atoms with E-state index in [9.17, 15) is 4.79 Å². The molecule has 4 heteroatoms. The minimum atomic E-state index is -0.213. The number of carbonyl (C=O) groups excluding carboxylic acids is 1. The second kappa shape index (κ2) is 4.88. The number of hydrogen-bond donors (Lipinski definition) is 0. The summed E-state index contributed by atoms with van der Waals surface area (Å²) in [6.45, 7) is 0.480. The van der Waals surface area contributed by atoms with E-state index in [0.717, 1.165) is 16.5 Å². The number of rotatable bonds is 1. The van der Waals surface area contributed by atoms with Crippen LogP contribution in [0.4, 0.5) is 4.79 Å². The van der Waals surface area contributed by atoms with Crippen molar-refractivity contribution in [1.82, 2.24) is 4.90 Å². The molecule has 1 saturated heterocycles. The predicted octanol–water partition coefficient (Wildman–Crippen LogP) is 3.92. The standard InChI is InChI=1S/C17H14BrNO2/c18-15-8-4-3-7-14(15)16-13-6-2-1-5-11(13)9-12-10-21-17(20)19(12)16/h1-8,12,16H,9-10H2/t12-,16-/m0/s1. The summed E-state index contributed by atoms with van der Waals surface area (Å²) in [7, 11) is 0. The average Bonchev–Trinajstić information content (AvgIpc) is 2.87. The van der Waals surface area contributed by atoms with Crippen molar-refractivity contribution in [2.45, 2.75) is 18.5 Å². The van der Waals surface area contributed by atoms with Crippen molar-refractivity contribution < 1.29 is 9.53 Å². The van der Waals surface area contributed by atoms with E-state index in [4.69, 9.17) is 4.74 Å². The van der Waals surface area contributed by atoms with Crippen molar-refractivity contribution >= 4 is 22.0 Å². The van der Waals surface area contributed by atoms with E-state index in [1.165, 1.54) is 11.1 Å². The number of halogens is 1. The van der Waals surface area contributed by atoms with Crippen LogP contribution in [0.3, 0.4) is 0 Å². The van der Waals surface area contributed by atoms with E-state index in [-0.39, 0.29) is 18.2 Å². The number of fused-ring (bicyclic) bond motifs is 2. The molecular formula is C17H14BrNO2. The van der Waals surface area contributed by atoms with Gasteiger partial charge in [0.15, 0.2) is 0 Å².